The predicted molar refractivity (Wildman–Crippen MR) is 46.6 cm³/mol. The first-order chi connectivity index (χ1) is 5.99. The topological polar surface area (TPSA) is 113 Å². The molecule has 8 heteroatoms. The molecule has 0 radical (unpaired) electrons. The third-order valence-corrected chi connectivity index (χ3v) is 1.84. The van der Waals surface area contributed by atoms with Gasteiger partial charge in [0.05, 0.1) is 0 Å². The lowest BCUT2D eigenvalue weighted by atomic mass is 10.4. The number of carbonyl (C=O) groups is 1. The summed E-state index contributed by atoms with van der Waals surface area (Å²) in [5, 5.41) is 8.61. The van der Waals surface area contributed by atoms with Crippen molar-refractivity contribution in [3.05, 3.63) is 0 Å². The number of thiol groups is 1. The van der Waals surface area contributed by atoms with E-state index in [-0.39, 0.29) is 6.54 Å². The first-order valence-corrected chi connectivity index (χ1v) is 4.70. The van der Waals surface area contributed by atoms with Gasteiger partial charge in [-0.3, -0.25) is 4.90 Å². The van der Waals surface area contributed by atoms with E-state index in [0.29, 0.717) is 6.54 Å². The van der Waals surface area contributed by atoms with Crippen LogP contribution in [0.2, 0.25) is 0 Å². The minimum Gasteiger partial charge on any atom is -0.479 e. The van der Waals surface area contributed by atoms with Crippen molar-refractivity contribution in [3.63, 3.8) is 0 Å². The third kappa shape index (κ3) is 4.78. The number of carboxylic acids is 1. The highest BCUT2D eigenvalue weighted by Gasteiger charge is 2.21. The lowest BCUT2D eigenvalue weighted by molar-refractivity contribution is -0.143. The maximum absolute atomic E-state index is 10.5. The van der Waals surface area contributed by atoms with Crippen molar-refractivity contribution >= 4 is 16.9 Å². The lowest BCUT2D eigenvalue weighted by Gasteiger charge is -2.22. The molecule has 0 aromatic rings. The van der Waals surface area contributed by atoms with Gasteiger partial charge in [-0.05, 0) is 7.05 Å². The summed E-state index contributed by atoms with van der Waals surface area (Å²) in [6, 6.07) is 0. The molecule has 0 amide bonds. The standard InChI is InChI=1S/C5H13N3O4S/c1-8(3-2-6)4(5(9)10)7-13(11)12/h4,13H,2-3,6H2,1H3,(H,9,10)(H,7,11,12). The Kier molecular flexibility index (Phi) is 5.55. The highest BCUT2D eigenvalue weighted by molar-refractivity contribution is 7.70. The van der Waals surface area contributed by atoms with Gasteiger partial charge in [0, 0.05) is 13.1 Å². The van der Waals surface area contributed by atoms with E-state index in [9.17, 15) is 13.2 Å². The van der Waals surface area contributed by atoms with Crippen molar-refractivity contribution in [2.24, 2.45) is 5.73 Å². The van der Waals surface area contributed by atoms with E-state index in [1.165, 1.54) is 11.9 Å². The zero-order valence-electron chi connectivity index (χ0n) is 7.14. The van der Waals surface area contributed by atoms with Crippen LogP contribution in [0.5, 0.6) is 0 Å². The molecule has 0 aromatic heterocycles. The molecule has 0 aromatic carbocycles. The Balaban J connectivity index is 4.31. The average Bonchev–Trinajstić information content (AvgIpc) is 1.99. The SMILES string of the molecule is CN(CCN)C(N[SH](=O)=O)C(=O)O. The molecule has 7 nitrogen and oxygen atoms in total. The largest absolute Gasteiger partial charge is 0.479 e. The summed E-state index contributed by atoms with van der Waals surface area (Å²) < 4.78 is 22.3. The molecular formula is C5H13N3O4S. The molecule has 0 aliphatic rings. The van der Waals surface area contributed by atoms with Crippen LogP contribution in [-0.4, -0.2) is 50.7 Å². The quantitative estimate of drug-likeness (QED) is 0.283. The summed E-state index contributed by atoms with van der Waals surface area (Å²) in [5.41, 5.74) is 5.18. The molecule has 0 spiro atoms. The summed E-state index contributed by atoms with van der Waals surface area (Å²) in [5.74, 6) is -1.25. The smallest absolute Gasteiger partial charge is 0.336 e. The van der Waals surface area contributed by atoms with Crippen LogP contribution >= 0.6 is 0 Å². The maximum Gasteiger partial charge on any atom is 0.336 e. The Bertz CT molecular complexity index is 234. The number of nitrogens with zero attached hydrogens (tertiary/aromatic N) is 1. The average molecular weight is 211 g/mol. The van der Waals surface area contributed by atoms with Crippen molar-refractivity contribution in [3.8, 4) is 0 Å². The van der Waals surface area contributed by atoms with Gasteiger partial charge in [0.1, 0.15) is 0 Å². The van der Waals surface area contributed by atoms with Gasteiger partial charge in [-0.25, -0.2) is 13.2 Å². The lowest BCUT2D eigenvalue weighted by Crippen LogP contribution is -2.50. The molecule has 0 saturated heterocycles. The van der Waals surface area contributed by atoms with Gasteiger partial charge in [0.25, 0.3) is 0 Å². The van der Waals surface area contributed by atoms with Gasteiger partial charge in [0.15, 0.2) is 6.17 Å². The number of carboxylic acid groups (broad SMARTS) is 1. The normalized spacial score (nSPS) is 13.5. The van der Waals surface area contributed by atoms with E-state index in [0.717, 1.165) is 0 Å². The molecular weight excluding hydrogens is 198 g/mol. The van der Waals surface area contributed by atoms with Gasteiger partial charge in [-0.15, -0.1) is 0 Å². The van der Waals surface area contributed by atoms with Crippen molar-refractivity contribution in [2.45, 2.75) is 6.17 Å². The summed E-state index contributed by atoms with van der Waals surface area (Å²) in [4.78, 5) is 11.8. The molecule has 4 N–H and O–H groups in total. The van der Waals surface area contributed by atoms with Crippen LogP contribution in [0.4, 0.5) is 0 Å². The zero-order valence-corrected chi connectivity index (χ0v) is 8.03. The molecule has 1 unspecified atom stereocenters. The summed E-state index contributed by atoms with van der Waals surface area (Å²) in [6.07, 6.45) is -1.25. The molecule has 0 bridgehead atoms. The first-order valence-electron chi connectivity index (χ1n) is 3.52. The van der Waals surface area contributed by atoms with Crippen molar-refractivity contribution in [1.29, 1.82) is 0 Å². The molecule has 0 aliphatic heterocycles. The monoisotopic (exact) mass is 211 g/mol. The molecule has 0 aliphatic carbocycles. The van der Waals surface area contributed by atoms with Crippen LogP contribution in [0.1, 0.15) is 0 Å². The molecule has 0 saturated carbocycles. The minimum atomic E-state index is -2.93. The van der Waals surface area contributed by atoms with Gasteiger partial charge >= 0.3 is 5.97 Å². The molecule has 0 rings (SSSR count). The fourth-order valence-corrected chi connectivity index (χ4v) is 1.28. The number of rotatable bonds is 6. The van der Waals surface area contributed by atoms with Crippen LogP contribution in [0.3, 0.4) is 0 Å². The Morgan fingerprint density at radius 1 is 1.69 bits per heavy atom. The van der Waals surface area contributed by atoms with Crippen molar-refractivity contribution in [1.82, 2.24) is 9.62 Å². The number of aliphatic carboxylic acids is 1. The van der Waals surface area contributed by atoms with Gasteiger partial charge < -0.3 is 10.8 Å². The molecule has 78 valence electrons. The number of nitrogens with two attached hydrogens (primary N) is 1. The van der Waals surface area contributed by atoms with Gasteiger partial charge in [-0.2, -0.15) is 4.72 Å². The third-order valence-electron chi connectivity index (χ3n) is 1.38. The van der Waals surface area contributed by atoms with E-state index >= 15 is 0 Å². The van der Waals surface area contributed by atoms with Crippen LogP contribution in [0.15, 0.2) is 0 Å². The first kappa shape index (κ1) is 12.3. The van der Waals surface area contributed by atoms with E-state index in [1.54, 1.807) is 0 Å². The zero-order chi connectivity index (χ0) is 10.4. The second-order valence-corrected chi connectivity index (χ2v) is 3.17. The number of hydrogen-bond donors (Lipinski definition) is 4. The summed E-state index contributed by atoms with van der Waals surface area (Å²) in [7, 11) is -1.46. The van der Waals surface area contributed by atoms with Crippen LogP contribution in [0, 0.1) is 0 Å². The maximum atomic E-state index is 10.5. The Hall–Kier alpha value is -0.700. The van der Waals surface area contributed by atoms with Crippen LogP contribution in [-0.2, 0) is 15.7 Å². The Morgan fingerprint density at radius 2 is 2.23 bits per heavy atom. The van der Waals surface area contributed by atoms with Crippen molar-refractivity contribution in [2.75, 3.05) is 20.1 Å². The second-order valence-electron chi connectivity index (χ2n) is 2.40. The summed E-state index contributed by atoms with van der Waals surface area (Å²) in [6.45, 7) is 0.560. The van der Waals surface area contributed by atoms with Crippen LogP contribution in [0.25, 0.3) is 0 Å². The minimum absolute atomic E-state index is 0.262. The van der Waals surface area contributed by atoms with E-state index in [1.807, 2.05) is 4.72 Å². The Morgan fingerprint density at radius 3 is 2.54 bits per heavy atom. The Labute approximate surface area is 77.6 Å². The molecule has 1 atom stereocenters. The predicted octanol–water partition coefficient (Wildman–Crippen LogP) is -2.60. The summed E-state index contributed by atoms with van der Waals surface area (Å²) >= 11 is 0. The van der Waals surface area contributed by atoms with Crippen LogP contribution < -0.4 is 10.5 Å². The number of nitrogens with one attached hydrogen (secondary N) is 1. The second kappa shape index (κ2) is 5.86. The van der Waals surface area contributed by atoms with Crippen molar-refractivity contribution < 1.29 is 18.3 Å². The van der Waals surface area contributed by atoms with Gasteiger partial charge in [0.2, 0.25) is 10.9 Å². The van der Waals surface area contributed by atoms with Gasteiger partial charge in [-0.1, -0.05) is 0 Å². The van der Waals surface area contributed by atoms with E-state index in [2.05, 4.69) is 0 Å². The molecule has 0 fully saturated rings. The highest BCUT2D eigenvalue weighted by atomic mass is 32.2. The number of likely N-dealkylation sites (N-methyl/N-ethyl adjacent to an activating group) is 1. The molecule has 0 heterocycles. The van der Waals surface area contributed by atoms with E-state index in [4.69, 9.17) is 10.8 Å². The molecule has 13 heavy (non-hydrogen) atoms. The fraction of sp³-hybridized carbons (Fsp3) is 0.800. The number of hydrogen-bond acceptors (Lipinski definition) is 5. The highest BCUT2D eigenvalue weighted by Crippen LogP contribution is 1.91. The van der Waals surface area contributed by atoms with E-state index < -0.39 is 23.0 Å². The fourth-order valence-electron chi connectivity index (χ4n) is 0.775.